The molecule has 10 heteroatoms. The van der Waals surface area contributed by atoms with Crippen LogP contribution in [0.2, 0.25) is 0 Å². The molecule has 3 N–H and O–H groups in total. The highest BCUT2D eigenvalue weighted by atomic mass is 32.2. The van der Waals surface area contributed by atoms with Crippen LogP contribution in [0.1, 0.15) is 29.0 Å². The van der Waals surface area contributed by atoms with Crippen LogP contribution in [0.5, 0.6) is 5.75 Å². The van der Waals surface area contributed by atoms with Crippen LogP contribution in [0.4, 0.5) is 5.69 Å². The Bertz CT molecular complexity index is 1410. The van der Waals surface area contributed by atoms with E-state index in [-0.39, 0.29) is 28.4 Å². The molecule has 2 aliphatic rings. The summed E-state index contributed by atoms with van der Waals surface area (Å²) in [6.07, 6.45) is -0.203. The fourth-order valence-electron chi connectivity index (χ4n) is 4.44. The Morgan fingerprint density at radius 3 is 2.59 bits per heavy atom. The predicted molar refractivity (Wildman–Crippen MR) is 139 cm³/mol. The molecule has 0 bridgehead atoms. The number of rotatable bonds is 6. The molecule has 2 atom stereocenters. The van der Waals surface area contributed by atoms with Gasteiger partial charge in [-0.15, -0.1) is 0 Å². The second kappa shape index (κ2) is 10.4. The number of amides is 2. The summed E-state index contributed by atoms with van der Waals surface area (Å²) < 4.78 is 10.1. The lowest BCUT2D eigenvalue weighted by Crippen LogP contribution is -2.39. The van der Waals surface area contributed by atoms with Crippen LogP contribution in [0, 0.1) is 25.2 Å². The van der Waals surface area contributed by atoms with E-state index in [9.17, 15) is 19.6 Å². The maximum atomic E-state index is 13.9. The Labute approximate surface area is 218 Å². The fraction of sp³-hybridized carbons (Fsp3) is 0.259. The molecule has 0 aliphatic carbocycles. The Balaban J connectivity index is 1.90. The molecule has 2 aromatic rings. The number of allylic oxidation sites excluding steroid dienone is 1. The largest absolute Gasteiger partial charge is 0.497 e. The van der Waals surface area contributed by atoms with E-state index in [1.165, 1.54) is 19.1 Å². The second-order valence-electron chi connectivity index (χ2n) is 8.67. The van der Waals surface area contributed by atoms with Gasteiger partial charge in [-0.2, -0.15) is 5.26 Å². The number of hydrogen-bond acceptors (Lipinski definition) is 8. The van der Waals surface area contributed by atoms with E-state index < -0.39 is 29.0 Å². The molecule has 0 unspecified atom stereocenters. The van der Waals surface area contributed by atoms with Crippen molar-refractivity contribution in [2.24, 2.45) is 5.73 Å². The smallest absolute Gasteiger partial charge is 0.307 e. The number of nitrogens with two attached hydrogens (primary N) is 1. The van der Waals surface area contributed by atoms with Gasteiger partial charge in [0.15, 0.2) is 0 Å². The lowest BCUT2D eigenvalue weighted by molar-refractivity contribution is -0.142. The number of nitrogens with zero attached hydrogens (tertiary/aromatic N) is 2. The van der Waals surface area contributed by atoms with Gasteiger partial charge in [-0.25, -0.2) is 0 Å². The maximum absolute atomic E-state index is 13.9. The van der Waals surface area contributed by atoms with E-state index in [1.807, 2.05) is 26.0 Å². The Hall–Kier alpha value is -4.23. The summed E-state index contributed by atoms with van der Waals surface area (Å²) in [7, 11) is 2.76. The van der Waals surface area contributed by atoms with Crippen LogP contribution in [0.15, 0.2) is 64.5 Å². The van der Waals surface area contributed by atoms with Crippen LogP contribution in [-0.4, -0.2) is 42.2 Å². The molecular weight excluding hydrogens is 492 g/mol. The number of aryl methyl sites for hydroxylation is 2. The molecule has 1 fully saturated rings. The van der Waals surface area contributed by atoms with Crippen molar-refractivity contribution in [3.05, 3.63) is 81.2 Å². The van der Waals surface area contributed by atoms with Crippen LogP contribution in [0.3, 0.4) is 0 Å². The zero-order valence-corrected chi connectivity index (χ0v) is 21.6. The lowest BCUT2D eigenvalue weighted by Gasteiger charge is -2.32. The van der Waals surface area contributed by atoms with Crippen LogP contribution in [-0.2, 0) is 19.1 Å². The summed E-state index contributed by atoms with van der Waals surface area (Å²) in [5.74, 6) is -1.95. The minimum Gasteiger partial charge on any atom is -0.497 e. The third-order valence-corrected chi connectivity index (χ3v) is 7.56. The second-order valence-corrected chi connectivity index (χ2v) is 9.86. The molecule has 190 valence electrons. The van der Waals surface area contributed by atoms with E-state index >= 15 is 0 Å². The molecule has 2 heterocycles. The number of ether oxygens (including phenoxy) is 2. The third kappa shape index (κ3) is 4.78. The van der Waals surface area contributed by atoms with Crippen LogP contribution < -0.4 is 15.8 Å². The van der Waals surface area contributed by atoms with E-state index in [4.69, 9.17) is 15.2 Å². The number of thioether (sulfide) groups is 1. The van der Waals surface area contributed by atoms with Crippen molar-refractivity contribution in [3.8, 4) is 11.8 Å². The van der Waals surface area contributed by atoms with Gasteiger partial charge in [-0.3, -0.25) is 19.3 Å². The summed E-state index contributed by atoms with van der Waals surface area (Å²) in [6.45, 7) is 3.84. The zero-order chi connectivity index (χ0) is 26.9. The topological polar surface area (TPSA) is 135 Å². The summed E-state index contributed by atoms with van der Waals surface area (Å²) in [5.41, 5.74) is 9.72. The van der Waals surface area contributed by atoms with Crippen molar-refractivity contribution in [3.63, 3.8) is 0 Å². The van der Waals surface area contributed by atoms with Crippen LogP contribution >= 0.6 is 11.8 Å². The number of esters is 1. The average Bonchev–Trinajstić information content (AvgIpc) is 3.20. The van der Waals surface area contributed by atoms with Gasteiger partial charge in [-0.05, 0) is 43.2 Å². The molecule has 37 heavy (non-hydrogen) atoms. The number of carbonyl (C=O) groups excluding carboxylic acids is 3. The molecule has 2 aliphatic heterocycles. The fourth-order valence-corrected chi connectivity index (χ4v) is 5.77. The van der Waals surface area contributed by atoms with Crippen molar-refractivity contribution in [1.29, 1.82) is 5.26 Å². The van der Waals surface area contributed by atoms with Crippen molar-refractivity contribution >= 4 is 35.2 Å². The van der Waals surface area contributed by atoms with Gasteiger partial charge in [0.1, 0.15) is 16.8 Å². The highest BCUT2D eigenvalue weighted by Crippen LogP contribution is 2.50. The first-order valence-electron chi connectivity index (χ1n) is 11.4. The van der Waals surface area contributed by atoms with Crippen molar-refractivity contribution < 1.29 is 23.9 Å². The number of methoxy groups -OCH3 is 2. The first kappa shape index (κ1) is 25.9. The normalized spacial score (nSPS) is 18.9. The van der Waals surface area contributed by atoms with Gasteiger partial charge in [-0.1, -0.05) is 41.6 Å². The molecule has 0 aromatic heterocycles. The van der Waals surface area contributed by atoms with Crippen LogP contribution in [0.25, 0.3) is 0 Å². The number of fused-ring (bicyclic) bond motifs is 1. The molecule has 9 nitrogen and oxygen atoms in total. The number of benzene rings is 2. The predicted octanol–water partition coefficient (Wildman–Crippen LogP) is 3.46. The van der Waals surface area contributed by atoms with E-state index in [0.717, 1.165) is 22.9 Å². The molecule has 1 saturated heterocycles. The molecular formula is C27H26N4O5S. The Kier molecular flexibility index (Phi) is 7.27. The number of carbonyl (C=O) groups is 3. The van der Waals surface area contributed by atoms with Crippen molar-refractivity contribution in [2.45, 2.75) is 31.4 Å². The standard InChI is InChI=1S/C27H26N4O5S/c1-14-8-9-19(15(2)10-14)30-25(33)23-22(16-6-5-7-17(11-16)35-3)18(13-28)24(29)31-26(34)20(37-27(23)31)12-21(32)36-4/h5-11,20,22H,12,29H2,1-4H3,(H,30,33)/t20-,22+/m0/s1. The summed E-state index contributed by atoms with van der Waals surface area (Å²) >= 11 is 1.06. The number of anilines is 1. The minimum atomic E-state index is -0.866. The molecule has 0 spiro atoms. The van der Waals surface area contributed by atoms with Gasteiger partial charge in [0.2, 0.25) is 5.91 Å². The SMILES string of the molecule is COC(=O)C[C@@H]1SC2=C(C(=O)Nc3ccc(C)cc3C)[C@H](c3cccc(OC)c3)C(C#N)=C(N)N2C1=O. The van der Waals surface area contributed by atoms with E-state index in [1.54, 1.807) is 30.3 Å². The van der Waals surface area contributed by atoms with E-state index in [0.29, 0.717) is 17.0 Å². The average molecular weight is 519 g/mol. The molecule has 4 rings (SSSR count). The van der Waals surface area contributed by atoms with Gasteiger partial charge >= 0.3 is 5.97 Å². The van der Waals surface area contributed by atoms with Crippen molar-refractivity contribution in [1.82, 2.24) is 4.90 Å². The number of nitrogens with one attached hydrogen (secondary N) is 1. The molecule has 2 aromatic carbocycles. The number of hydrogen-bond donors (Lipinski definition) is 2. The molecule has 0 saturated carbocycles. The Morgan fingerprint density at radius 1 is 1.19 bits per heavy atom. The lowest BCUT2D eigenvalue weighted by atomic mass is 9.82. The quantitative estimate of drug-likeness (QED) is 0.555. The highest BCUT2D eigenvalue weighted by molar-refractivity contribution is 8.04. The first-order chi connectivity index (χ1) is 17.7. The summed E-state index contributed by atoms with van der Waals surface area (Å²) in [6, 6.07) is 14.7. The number of nitriles is 1. The van der Waals surface area contributed by atoms with Gasteiger partial charge < -0.3 is 20.5 Å². The first-order valence-corrected chi connectivity index (χ1v) is 12.3. The highest BCUT2D eigenvalue weighted by Gasteiger charge is 2.48. The monoisotopic (exact) mass is 518 g/mol. The van der Waals surface area contributed by atoms with Gasteiger partial charge in [0, 0.05) is 5.69 Å². The Morgan fingerprint density at radius 2 is 1.95 bits per heavy atom. The summed E-state index contributed by atoms with van der Waals surface area (Å²) in [5, 5.41) is 12.5. The van der Waals surface area contributed by atoms with Crippen molar-refractivity contribution in [2.75, 3.05) is 19.5 Å². The minimum absolute atomic E-state index is 0.0513. The van der Waals surface area contributed by atoms with Gasteiger partial charge in [0.05, 0.1) is 48.8 Å². The molecule has 0 radical (unpaired) electrons. The third-order valence-electron chi connectivity index (χ3n) is 6.28. The summed E-state index contributed by atoms with van der Waals surface area (Å²) in [4.78, 5) is 40.4. The molecule has 2 amide bonds. The zero-order valence-electron chi connectivity index (χ0n) is 20.8. The van der Waals surface area contributed by atoms with Gasteiger partial charge in [0.25, 0.3) is 5.91 Å². The van der Waals surface area contributed by atoms with E-state index in [2.05, 4.69) is 11.4 Å². The maximum Gasteiger partial charge on any atom is 0.307 e.